The summed E-state index contributed by atoms with van der Waals surface area (Å²) < 4.78 is 0. The average Bonchev–Trinajstić information content (AvgIpc) is 2.49. The fourth-order valence-corrected chi connectivity index (χ4v) is 3.26. The molecule has 0 atom stereocenters. The van der Waals surface area contributed by atoms with Gasteiger partial charge in [-0.25, -0.2) is 0 Å². The molecule has 20 heavy (non-hydrogen) atoms. The Morgan fingerprint density at radius 1 is 1.10 bits per heavy atom. The molecule has 0 unspecified atom stereocenters. The molecule has 3 heteroatoms. The lowest BCUT2D eigenvalue weighted by Crippen LogP contribution is -2.25. The van der Waals surface area contributed by atoms with E-state index in [1.54, 1.807) is 5.56 Å². The molecule has 0 radical (unpaired) electrons. The van der Waals surface area contributed by atoms with Crippen LogP contribution in [0, 0.1) is 0 Å². The minimum atomic E-state index is 0.792. The molecule has 2 nitrogen and oxygen atoms in total. The van der Waals surface area contributed by atoms with Crippen LogP contribution in [0.25, 0.3) is 0 Å². The number of rotatable bonds is 6. The second-order valence-electron chi connectivity index (χ2n) is 4.91. The van der Waals surface area contributed by atoms with Crippen molar-refractivity contribution in [1.82, 2.24) is 5.06 Å². The summed E-state index contributed by atoms with van der Waals surface area (Å²) in [5.41, 5.74) is 1.54. The lowest BCUT2D eigenvalue weighted by Gasteiger charge is -2.18. The summed E-state index contributed by atoms with van der Waals surface area (Å²) in [4.78, 5) is 6.85. The highest BCUT2D eigenvalue weighted by Gasteiger charge is 2.06. The smallest absolute Gasteiger partial charge is 0.0656 e. The minimum Gasteiger partial charge on any atom is -0.299 e. The van der Waals surface area contributed by atoms with Crippen LogP contribution in [0.2, 0.25) is 0 Å². The predicted molar refractivity (Wildman–Crippen MR) is 89.3 cm³/mol. The number of nitrogens with zero attached hydrogens (tertiary/aromatic N) is 1. The molecule has 0 amide bonds. The third-order valence-electron chi connectivity index (χ3n) is 3.08. The van der Waals surface area contributed by atoms with Gasteiger partial charge in [0.1, 0.15) is 0 Å². The van der Waals surface area contributed by atoms with E-state index in [2.05, 4.69) is 38.1 Å². The SMILES string of the molecule is CCCN(CCC)OCC.c1ccc2c(c1)CCCS2. The number of hydrogen-bond acceptors (Lipinski definition) is 3. The number of thioether (sulfide) groups is 1. The maximum Gasteiger partial charge on any atom is 0.0656 e. The van der Waals surface area contributed by atoms with Crippen LogP contribution in [0.1, 0.15) is 45.6 Å². The second kappa shape index (κ2) is 11.2. The van der Waals surface area contributed by atoms with Gasteiger partial charge in [0.05, 0.1) is 6.61 Å². The Hall–Kier alpha value is -0.510. The summed E-state index contributed by atoms with van der Waals surface area (Å²) in [5.74, 6) is 1.30. The maximum atomic E-state index is 5.36. The van der Waals surface area contributed by atoms with Crippen LogP contribution >= 0.6 is 11.8 Å². The van der Waals surface area contributed by atoms with Gasteiger partial charge in [-0.1, -0.05) is 32.0 Å². The Labute approximate surface area is 128 Å². The standard InChI is InChI=1S/C9H10S.C8H19NO/c1-2-6-9-8(4-1)5-3-7-10-9;1-4-7-9(8-5-2)10-6-3/h1-2,4,6H,3,5,7H2;4-8H2,1-3H3. The van der Waals surface area contributed by atoms with Gasteiger partial charge in [-0.15, -0.1) is 11.8 Å². The summed E-state index contributed by atoms with van der Waals surface area (Å²) in [6.45, 7) is 9.27. The molecule has 1 aliphatic rings. The third-order valence-corrected chi connectivity index (χ3v) is 4.28. The van der Waals surface area contributed by atoms with Gasteiger partial charge in [0.2, 0.25) is 0 Å². The lowest BCUT2D eigenvalue weighted by molar-refractivity contribution is -0.154. The Morgan fingerprint density at radius 3 is 2.40 bits per heavy atom. The van der Waals surface area contributed by atoms with Crippen LogP contribution in [-0.2, 0) is 11.3 Å². The summed E-state index contributed by atoms with van der Waals surface area (Å²) >= 11 is 1.99. The second-order valence-corrected chi connectivity index (χ2v) is 6.04. The van der Waals surface area contributed by atoms with Crippen molar-refractivity contribution in [2.24, 2.45) is 0 Å². The van der Waals surface area contributed by atoms with Crippen molar-refractivity contribution in [1.29, 1.82) is 0 Å². The zero-order valence-corrected chi connectivity index (χ0v) is 14.0. The van der Waals surface area contributed by atoms with Crippen molar-refractivity contribution >= 4 is 11.8 Å². The van der Waals surface area contributed by atoms with Gasteiger partial charge in [-0.3, -0.25) is 4.84 Å². The number of hydroxylamine groups is 2. The number of benzene rings is 1. The van der Waals surface area contributed by atoms with Crippen molar-refractivity contribution in [3.63, 3.8) is 0 Å². The highest BCUT2D eigenvalue weighted by atomic mass is 32.2. The molecular weight excluding hydrogens is 266 g/mol. The highest BCUT2D eigenvalue weighted by Crippen LogP contribution is 2.28. The molecule has 0 fully saturated rings. The number of fused-ring (bicyclic) bond motifs is 1. The van der Waals surface area contributed by atoms with Crippen molar-refractivity contribution < 1.29 is 4.84 Å². The Balaban J connectivity index is 0.000000200. The van der Waals surface area contributed by atoms with E-state index in [0.717, 1.165) is 19.7 Å². The van der Waals surface area contributed by atoms with Gasteiger partial charge in [0, 0.05) is 18.0 Å². The Bertz CT molecular complexity index is 317. The highest BCUT2D eigenvalue weighted by molar-refractivity contribution is 7.99. The van der Waals surface area contributed by atoms with Gasteiger partial charge in [0.15, 0.2) is 0 Å². The summed E-state index contributed by atoms with van der Waals surface area (Å²) in [7, 11) is 0. The quantitative estimate of drug-likeness (QED) is 0.700. The molecule has 1 aromatic carbocycles. The molecule has 0 aliphatic carbocycles. The first kappa shape index (κ1) is 17.5. The van der Waals surface area contributed by atoms with Crippen molar-refractivity contribution in [3.8, 4) is 0 Å². The minimum absolute atomic E-state index is 0.792. The van der Waals surface area contributed by atoms with Gasteiger partial charge < -0.3 is 0 Å². The van der Waals surface area contributed by atoms with E-state index in [9.17, 15) is 0 Å². The molecule has 1 heterocycles. The third kappa shape index (κ3) is 6.78. The first-order valence-corrected chi connectivity index (χ1v) is 8.88. The van der Waals surface area contributed by atoms with Crippen molar-refractivity contribution in [2.75, 3.05) is 25.4 Å². The van der Waals surface area contributed by atoms with E-state index in [1.165, 1.54) is 36.3 Å². The van der Waals surface area contributed by atoms with Crippen LogP contribution in [-0.4, -0.2) is 30.5 Å². The van der Waals surface area contributed by atoms with E-state index in [1.807, 2.05) is 23.7 Å². The van der Waals surface area contributed by atoms with E-state index >= 15 is 0 Å². The van der Waals surface area contributed by atoms with Crippen LogP contribution in [0.4, 0.5) is 0 Å². The summed E-state index contributed by atoms with van der Waals surface area (Å²) in [6, 6.07) is 8.71. The fourth-order valence-electron chi connectivity index (χ4n) is 2.22. The van der Waals surface area contributed by atoms with E-state index in [4.69, 9.17) is 4.84 Å². The largest absolute Gasteiger partial charge is 0.299 e. The monoisotopic (exact) mass is 295 g/mol. The zero-order chi connectivity index (χ0) is 14.6. The molecular formula is C17H29NOS. The molecule has 0 spiro atoms. The Kier molecular flexibility index (Phi) is 9.81. The maximum absolute atomic E-state index is 5.36. The summed E-state index contributed by atoms with van der Waals surface area (Å²) in [6.07, 6.45) is 4.96. The van der Waals surface area contributed by atoms with Gasteiger partial charge in [-0.2, -0.15) is 5.06 Å². The van der Waals surface area contributed by atoms with Crippen LogP contribution in [0.3, 0.4) is 0 Å². The molecule has 0 saturated carbocycles. The topological polar surface area (TPSA) is 12.5 Å². The molecule has 0 N–H and O–H groups in total. The van der Waals surface area contributed by atoms with Gasteiger partial charge in [-0.05, 0) is 50.0 Å². The molecule has 0 aromatic heterocycles. The van der Waals surface area contributed by atoms with Crippen molar-refractivity contribution in [2.45, 2.75) is 51.3 Å². The van der Waals surface area contributed by atoms with Crippen LogP contribution in [0.15, 0.2) is 29.2 Å². The summed E-state index contributed by atoms with van der Waals surface area (Å²) in [5, 5.41) is 2.04. The molecule has 2 rings (SSSR count). The van der Waals surface area contributed by atoms with E-state index in [-0.39, 0.29) is 0 Å². The van der Waals surface area contributed by atoms with E-state index < -0.39 is 0 Å². The Morgan fingerprint density at radius 2 is 1.80 bits per heavy atom. The average molecular weight is 295 g/mol. The fraction of sp³-hybridized carbons (Fsp3) is 0.647. The van der Waals surface area contributed by atoms with Gasteiger partial charge in [0.25, 0.3) is 0 Å². The normalized spacial score (nSPS) is 13.6. The first-order chi connectivity index (χ1) is 9.81. The molecule has 114 valence electrons. The first-order valence-electron chi connectivity index (χ1n) is 7.90. The molecule has 1 aliphatic heterocycles. The van der Waals surface area contributed by atoms with E-state index in [0.29, 0.717) is 0 Å². The lowest BCUT2D eigenvalue weighted by atomic mass is 10.1. The zero-order valence-electron chi connectivity index (χ0n) is 13.2. The van der Waals surface area contributed by atoms with Crippen LogP contribution < -0.4 is 0 Å². The van der Waals surface area contributed by atoms with Crippen molar-refractivity contribution in [3.05, 3.63) is 29.8 Å². The molecule has 0 bridgehead atoms. The predicted octanol–water partition coefficient (Wildman–Crippen LogP) is 4.78. The number of hydrogen-bond donors (Lipinski definition) is 0. The molecule has 0 saturated heterocycles. The molecule has 1 aromatic rings. The number of aryl methyl sites for hydroxylation is 1. The van der Waals surface area contributed by atoms with Gasteiger partial charge >= 0.3 is 0 Å². The van der Waals surface area contributed by atoms with Crippen LogP contribution in [0.5, 0.6) is 0 Å².